The third kappa shape index (κ3) is 7.10. The first-order chi connectivity index (χ1) is 18.0. The molecule has 0 fully saturated rings. The number of hydrogen-bond acceptors (Lipinski definition) is 5. The van der Waals surface area contributed by atoms with Gasteiger partial charge in [0.15, 0.2) is 0 Å². The van der Waals surface area contributed by atoms with Crippen LogP contribution in [0.5, 0.6) is 0 Å². The number of ether oxygens (including phenoxy) is 1. The minimum atomic E-state index is -1.23. The number of carboxylic acids is 1. The van der Waals surface area contributed by atoms with Crippen LogP contribution in [0.25, 0.3) is 11.1 Å². The summed E-state index contributed by atoms with van der Waals surface area (Å²) in [5.41, 5.74) is 3.57. The molecule has 4 aromatic rings. The van der Waals surface area contributed by atoms with Crippen molar-refractivity contribution in [1.29, 1.82) is 0 Å². The minimum Gasteiger partial charge on any atom is -0.545 e. The number of aryl methyl sites for hydroxylation is 1. The second kappa shape index (κ2) is 13.9. The van der Waals surface area contributed by atoms with E-state index in [-0.39, 0.29) is 53.8 Å². The van der Waals surface area contributed by atoms with E-state index in [1.165, 1.54) is 6.07 Å². The van der Waals surface area contributed by atoms with Crippen LogP contribution in [-0.2, 0) is 24.3 Å². The summed E-state index contributed by atoms with van der Waals surface area (Å²) in [5.74, 6) is -1.89. The first kappa shape index (κ1) is 29.1. The maximum atomic E-state index is 13.4. The fraction of sp³-hybridized carbons (Fsp3) is 0.194. The molecule has 7 heteroatoms. The van der Waals surface area contributed by atoms with Crippen LogP contribution in [0.2, 0.25) is 0 Å². The van der Waals surface area contributed by atoms with E-state index in [1.54, 1.807) is 28.8 Å². The van der Waals surface area contributed by atoms with Gasteiger partial charge in [-0.3, -0.25) is 4.79 Å². The Balaban J connectivity index is 0.00000400. The number of pyridine rings is 1. The molecular formula is C31H28NNaO5. The van der Waals surface area contributed by atoms with Crippen LogP contribution in [-0.4, -0.2) is 16.5 Å². The normalized spacial score (nSPS) is 10.4. The van der Waals surface area contributed by atoms with Gasteiger partial charge in [-0.05, 0) is 47.2 Å². The van der Waals surface area contributed by atoms with E-state index in [1.807, 2.05) is 60.7 Å². The molecule has 6 nitrogen and oxygen atoms in total. The van der Waals surface area contributed by atoms with Gasteiger partial charge in [0, 0.05) is 11.3 Å². The van der Waals surface area contributed by atoms with E-state index in [9.17, 15) is 19.5 Å². The molecule has 0 saturated heterocycles. The second-order valence-electron chi connectivity index (χ2n) is 8.82. The molecule has 3 aromatic carbocycles. The summed E-state index contributed by atoms with van der Waals surface area (Å²) in [5, 5.41) is 11.5. The Morgan fingerprint density at radius 2 is 1.50 bits per heavy atom. The van der Waals surface area contributed by atoms with Crippen molar-refractivity contribution in [3.05, 3.63) is 129 Å². The molecule has 0 aliphatic carbocycles. The number of carbonyl (C=O) groups is 2. The van der Waals surface area contributed by atoms with Gasteiger partial charge in [0.2, 0.25) is 0 Å². The summed E-state index contributed by atoms with van der Waals surface area (Å²) in [6.45, 7) is 2.45. The van der Waals surface area contributed by atoms with Crippen LogP contribution < -0.4 is 40.2 Å². The number of hydrogen-bond donors (Lipinski definition) is 0. The van der Waals surface area contributed by atoms with Gasteiger partial charge in [-0.15, -0.1) is 0 Å². The SMILES string of the molecule is CCCCc1ccc(C(=O)OCc2ccccc2)c(=O)n1Cc1ccc(-c2ccccc2C(=O)[O-])cc1.[Na+]. The molecule has 4 rings (SSSR count). The average Bonchev–Trinajstić information content (AvgIpc) is 2.93. The Morgan fingerprint density at radius 3 is 2.18 bits per heavy atom. The zero-order valence-electron chi connectivity index (χ0n) is 21.7. The molecule has 0 spiro atoms. The second-order valence-corrected chi connectivity index (χ2v) is 8.82. The number of carboxylic acid groups (broad SMARTS) is 1. The molecule has 0 radical (unpaired) electrons. The molecule has 0 aliphatic rings. The van der Waals surface area contributed by atoms with Crippen LogP contribution in [0.3, 0.4) is 0 Å². The quantitative estimate of drug-likeness (QED) is 0.236. The Hall–Kier alpha value is -3.45. The van der Waals surface area contributed by atoms with Crippen LogP contribution >= 0.6 is 0 Å². The smallest absolute Gasteiger partial charge is 0.545 e. The predicted molar refractivity (Wildman–Crippen MR) is 140 cm³/mol. The molecule has 0 saturated carbocycles. The zero-order valence-corrected chi connectivity index (χ0v) is 23.7. The molecule has 1 aromatic heterocycles. The predicted octanol–water partition coefficient (Wildman–Crippen LogP) is 1.63. The maximum Gasteiger partial charge on any atom is 1.00 e. The Labute approximate surface area is 244 Å². The largest absolute Gasteiger partial charge is 1.00 e. The van der Waals surface area contributed by atoms with Gasteiger partial charge in [0.25, 0.3) is 5.56 Å². The Morgan fingerprint density at radius 1 is 0.816 bits per heavy atom. The Kier molecular flexibility index (Phi) is 10.7. The molecule has 0 unspecified atom stereocenters. The number of aromatic nitrogens is 1. The number of esters is 1. The molecule has 188 valence electrons. The van der Waals surface area contributed by atoms with Crippen molar-refractivity contribution in [1.82, 2.24) is 4.57 Å². The Bertz CT molecular complexity index is 1450. The minimum absolute atomic E-state index is 0. The summed E-state index contributed by atoms with van der Waals surface area (Å²) in [6, 6.07) is 26.7. The van der Waals surface area contributed by atoms with E-state index in [0.717, 1.165) is 35.2 Å². The van der Waals surface area contributed by atoms with Gasteiger partial charge in [-0.2, -0.15) is 0 Å². The fourth-order valence-electron chi connectivity index (χ4n) is 4.21. The maximum absolute atomic E-state index is 13.4. The van der Waals surface area contributed by atoms with Crippen molar-refractivity contribution < 1.29 is 49.0 Å². The van der Waals surface area contributed by atoms with E-state index >= 15 is 0 Å². The van der Waals surface area contributed by atoms with Crippen molar-refractivity contribution in [2.75, 3.05) is 0 Å². The summed E-state index contributed by atoms with van der Waals surface area (Å²) in [7, 11) is 0. The monoisotopic (exact) mass is 517 g/mol. The van der Waals surface area contributed by atoms with Crippen LogP contribution in [0.1, 0.15) is 57.3 Å². The first-order valence-corrected chi connectivity index (χ1v) is 12.3. The third-order valence-corrected chi connectivity index (χ3v) is 6.24. The first-order valence-electron chi connectivity index (χ1n) is 12.3. The number of carbonyl (C=O) groups excluding carboxylic acids is 2. The van der Waals surface area contributed by atoms with E-state index in [4.69, 9.17) is 4.74 Å². The molecule has 0 aliphatic heterocycles. The number of unbranched alkanes of at least 4 members (excludes halogenated alkanes) is 1. The van der Waals surface area contributed by atoms with Crippen molar-refractivity contribution in [3.63, 3.8) is 0 Å². The third-order valence-electron chi connectivity index (χ3n) is 6.24. The van der Waals surface area contributed by atoms with Gasteiger partial charge in [0.05, 0.1) is 12.5 Å². The van der Waals surface area contributed by atoms with E-state index in [0.29, 0.717) is 12.0 Å². The van der Waals surface area contributed by atoms with Crippen LogP contribution in [0.15, 0.2) is 95.8 Å². The van der Waals surface area contributed by atoms with Gasteiger partial charge >= 0.3 is 35.5 Å². The summed E-state index contributed by atoms with van der Waals surface area (Å²) >= 11 is 0. The van der Waals surface area contributed by atoms with E-state index in [2.05, 4.69) is 6.92 Å². The molecule has 0 amide bonds. The molecule has 0 atom stereocenters. The van der Waals surface area contributed by atoms with Crippen molar-refractivity contribution in [2.45, 2.75) is 39.3 Å². The molecular weight excluding hydrogens is 489 g/mol. The number of rotatable bonds is 10. The standard InChI is InChI=1S/C31H29NO5.Na/c1-2-3-11-25-18-19-28(31(36)37-21-23-9-5-4-6-10-23)29(33)32(25)20-22-14-16-24(17-15-22)26-12-7-8-13-27(26)30(34)35;/h4-10,12-19H,2-3,11,20-21H2,1H3,(H,34,35);/q;+1/p-1. The van der Waals surface area contributed by atoms with Crippen molar-refractivity contribution in [3.8, 4) is 11.1 Å². The fourth-order valence-corrected chi connectivity index (χ4v) is 4.21. The average molecular weight is 518 g/mol. The number of nitrogens with zero attached hydrogens (tertiary/aromatic N) is 1. The van der Waals surface area contributed by atoms with Crippen LogP contribution in [0.4, 0.5) is 0 Å². The molecule has 38 heavy (non-hydrogen) atoms. The van der Waals surface area contributed by atoms with Crippen molar-refractivity contribution in [2.24, 2.45) is 0 Å². The topological polar surface area (TPSA) is 88.4 Å². The summed E-state index contributed by atoms with van der Waals surface area (Å²) < 4.78 is 7.03. The van der Waals surface area contributed by atoms with Crippen molar-refractivity contribution >= 4 is 11.9 Å². The molecule has 0 bridgehead atoms. The van der Waals surface area contributed by atoms with E-state index < -0.39 is 17.5 Å². The summed E-state index contributed by atoms with van der Waals surface area (Å²) in [6.07, 6.45) is 2.60. The van der Waals surface area contributed by atoms with Gasteiger partial charge < -0.3 is 19.2 Å². The van der Waals surface area contributed by atoms with Gasteiger partial charge in [-0.25, -0.2) is 4.79 Å². The van der Waals surface area contributed by atoms with Gasteiger partial charge in [-0.1, -0.05) is 92.2 Å². The van der Waals surface area contributed by atoms with Gasteiger partial charge in [0.1, 0.15) is 12.2 Å². The molecule has 0 N–H and O–H groups in total. The zero-order chi connectivity index (χ0) is 26.2. The molecule has 1 heterocycles. The number of aromatic carboxylic acids is 1. The summed E-state index contributed by atoms with van der Waals surface area (Å²) in [4.78, 5) is 37.7. The van der Waals surface area contributed by atoms with Crippen LogP contribution in [0, 0.1) is 0 Å². The number of benzene rings is 3.